The van der Waals surface area contributed by atoms with Gasteiger partial charge in [-0.25, -0.2) is 4.68 Å². The highest BCUT2D eigenvalue weighted by molar-refractivity contribution is 5.61. The summed E-state index contributed by atoms with van der Waals surface area (Å²) in [5, 5.41) is 4.43. The fourth-order valence-corrected chi connectivity index (χ4v) is 2.11. The largest absolute Gasteiger partial charge is 0.383 e. The van der Waals surface area contributed by atoms with E-state index in [0.717, 1.165) is 11.3 Å². The van der Waals surface area contributed by atoms with Crippen molar-refractivity contribution in [3.63, 3.8) is 0 Å². The zero-order chi connectivity index (χ0) is 15.4. The Morgan fingerprint density at radius 2 is 2.00 bits per heavy atom. The number of hydrogen-bond acceptors (Lipinski definition) is 4. The van der Waals surface area contributed by atoms with E-state index < -0.39 is 0 Å². The monoisotopic (exact) mass is 287 g/mol. The van der Waals surface area contributed by atoms with Crippen LogP contribution in [0.15, 0.2) is 29.1 Å². The summed E-state index contributed by atoms with van der Waals surface area (Å²) in [6, 6.07) is 7.91. The normalized spacial score (nSPS) is 10.9. The van der Waals surface area contributed by atoms with E-state index in [1.165, 1.54) is 15.8 Å². The fraction of sp³-hybridized carbons (Fsp3) is 0.375. The molecule has 1 heterocycles. The van der Waals surface area contributed by atoms with Crippen LogP contribution in [0.5, 0.6) is 0 Å². The van der Waals surface area contributed by atoms with Crippen molar-refractivity contribution < 1.29 is 4.74 Å². The highest BCUT2D eigenvalue weighted by Gasteiger charge is 2.09. The van der Waals surface area contributed by atoms with Crippen LogP contribution in [0.25, 0.3) is 11.3 Å². The van der Waals surface area contributed by atoms with Gasteiger partial charge in [-0.2, -0.15) is 5.10 Å². The number of aryl methyl sites for hydroxylation is 2. The van der Waals surface area contributed by atoms with E-state index in [1.807, 2.05) is 6.07 Å². The van der Waals surface area contributed by atoms with Crippen LogP contribution in [0, 0.1) is 13.8 Å². The molecule has 0 atom stereocenters. The number of benzene rings is 1. The van der Waals surface area contributed by atoms with Crippen LogP contribution in [-0.2, 0) is 17.8 Å². The minimum atomic E-state index is -0.151. The fourth-order valence-electron chi connectivity index (χ4n) is 2.11. The molecular formula is C16H21N3O2. The van der Waals surface area contributed by atoms with Crippen molar-refractivity contribution in [3.8, 4) is 11.3 Å². The topological polar surface area (TPSA) is 70.1 Å². The zero-order valence-corrected chi connectivity index (χ0v) is 12.7. The number of ether oxygens (including phenoxy) is 1. The van der Waals surface area contributed by atoms with Gasteiger partial charge in [0.1, 0.15) is 0 Å². The predicted octanol–water partition coefficient (Wildman–Crippen LogP) is 1.63. The van der Waals surface area contributed by atoms with Gasteiger partial charge in [-0.15, -0.1) is 0 Å². The molecular weight excluding hydrogens is 266 g/mol. The van der Waals surface area contributed by atoms with Gasteiger partial charge >= 0.3 is 0 Å². The van der Waals surface area contributed by atoms with Gasteiger partial charge in [0.25, 0.3) is 5.56 Å². The van der Waals surface area contributed by atoms with Crippen LogP contribution in [-0.4, -0.2) is 23.5 Å². The van der Waals surface area contributed by atoms with Crippen molar-refractivity contribution in [2.45, 2.75) is 26.9 Å². The molecule has 5 heteroatoms. The van der Waals surface area contributed by atoms with E-state index in [-0.39, 0.29) is 12.1 Å². The number of methoxy groups -OCH3 is 1. The van der Waals surface area contributed by atoms with Crippen LogP contribution >= 0.6 is 0 Å². The average molecular weight is 287 g/mol. The molecule has 2 rings (SSSR count). The molecule has 1 aromatic heterocycles. The molecule has 0 aliphatic rings. The lowest BCUT2D eigenvalue weighted by molar-refractivity contribution is 0.182. The maximum absolute atomic E-state index is 12.2. The highest BCUT2D eigenvalue weighted by Crippen LogP contribution is 2.20. The van der Waals surface area contributed by atoms with E-state index in [2.05, 4.69) is 31.1 Å². The quantitative estimate of drug-likeness (QED) is 0.907. The lowest BCUT2D eigenvalue weighted by atomic mass is 10.0. The minimum Gasteiger partial charge on any atom is -0.383 e. The molecule has 21 heavy (non-hydrogen) atoms. The first-order valence-electron chi connectivity index (χ1n) is 6.94. The number of rotatable bonds is 5. The summed E-state index contributed by atoms with van der Waals surface area (Å²) >= 11 is 0. The van der Waals surface area contributed by atoms with Gasteiger partial charge in [0.15, 0.2) is 0 Å². The smallest absolute Gasteiger partial charge is 0.271 e. The third-order valence-electron chi connectivity index (χ3n) is 3.58. The standard InChI is InChI=1S/C16H21N3O2/c1-11-4-5-13(8-12(11)2)15-9-14(10-17)16(20)19(18-15)6-7-21-3/h4-5,8-9H,6-7,10,17H2,1-3H3. The Morgan fingerprint density at radius 3 is 2.62 bits per heavy atom. The van der Waals surface area contributed by atoms with Gasteiger partial charge in [0, 0.05) is 24.8 Å². The Morgan fingerprint density at radius 1 is 1.24 bits per heavy atom. The van der Waals surface area contributed by atoms with Gasteiger partial charge in [-0.05, 0) is 37.1 Å². The van der Waals surface area contributed by atoms with Crippen LogP contribution in [0.4, 0.5) is 0 Å². The Hall–Kier alpha value is -1.98. The Kier molecular flexibility index (Phi) is 4.88. The van der Waals surface area contributed by atoms with E-state index in [0.29, 0.717) is 18.7 Å². The summed E-state index contributed by atoms with van der Waals surface area (Å²) in [6.07, 6.45) is 0. The second kappa shape index (κ2) is 6.65. The molecule has 112 valence electrons. The van der Waals surface area contributed by atoms with E-state index in [4.69, 9.17) is 10.5 Å². The molecule has 2 aromatic rings. The zero-order valence-electron chi connectivity index (χ0n) is 12.7. The number of nitrogens with two attached hydrogens (primary N) is 1. The van der Waals surface area contributed by atoms with E-state index >= 15 is 0 Å². The summed E-state index contributed by atoms with van der Waals surface area (Å²) in [4.78, 5) is 12.2. The molecule has 0 bridgehead atoms. The second-order valence-corrected chi connectivity index (χ2v) is 5.08. The third-order valence-corrected chi connectivity index (χ3v) is 3.58. The molecule has 0 aliphatic carbocycles. The molecule has 0 amide bonds. The number of aromatic nitrogens is 2. The summed E-state index contributed by atoms with van der Waals surface area (Å²) in [5.41, 5.74) is 10.3. The molecule has 0 spiro atoms. The first-order valence-corrected chi connectivity index (χ1v) is 6.94. The van der Waals surface area contributed by atoms with Gasteiger partial charge in [-0.1, -0.05) is 12.1 Å². The van der Waals surface area contributed by atoms with Gasteiger partial charge in [0.2, 0.25) is 0 Å². The first kappa shape index (κ1) is 15.4. The average Bonchev–Trinajstić information content (AvgIpc) is 2.49. The first-order chi connectivity index (χ1) is 10.1. The lowest BCUT2D eigenvalue weighted by Crippen LogP contribution is -2.29. The molecule has 5 nitrogen and oxygen atoms in total. The van der Waals surface area contributed by atoms with Crippen molar-refractivity contribution in [3.05, 3.63) is 51.3 Å². The number of hydrogen-bond donors (Lipinski definition) is 1. The minimum absolute atomic E-state index is 0.151. The third kappa shape index (κ3) is 3.37. The Balaban J connectivity index is 2.52. The molecule has 0 saturated heterocycles. The van der Waals surface area contributed by atoms with E-state index in [1.54, 1.807) is 13.2 Å². The second-order valence-electron chi connectivity index (χ2n) is 5.08. The molecule has 0 saturated carbocycles. The van der Waals surface area contributed by atoms with Crippen LogP contribution in [0.2, 0.25) is 0 Å². The summed E-state index contributed by atoms with van der Waals surface area (Å²) < 4.78 is 6.45. The molecule has 2 N–H and O–H groups in total. The molecule has 0 aliphatic heterocycles. The van der Waals surface area contributed by atoms with Crippen LogP contribution in [0.3, 0.4) is 0 Å². The molecule has 0 fully saturated rings. The maximum atomic E-state index is 12.2. The summed E-state index contributed by atoms with van der Waals surface area (Å²) in [6.45, 7) is 5.18. The van der Waals surface area contributed by atoms with E-state index in [9.17, 15) is 4.79 Å². The van der Waals surface area contributed by atoms with Crippen molar-refractivity contribution in [2.24, 2.45) is 5.73 Å². The van der Waals surface area contributed by atoms with Crippen LogP contribution in [0.1, 0.15) is 16.7 Å². The van der Waals surface area contributed by atoms with Crippen molar-refractivity contribution in [1.82, 2.24) is 9.78 Å². The number of nitrogens with zero attached hydrogens (tertiary/aromatic N) is 2. The van der Waals surface area contributed by atoms with Crippen LogP contribution < -0.4 is 11.3 Å². The van der Waals surface area contributed by atoms with Crippen molar-refractivity contribution >= 4 is 0 Å². The lowest BCUT2D eigenvalue weighted by Gasteiger charge is -2.11. The van der Waals surface area contributed by atoms with Crippen molar-refractivity contribution in [1.29, 1.82) is 0 Å². The maximum Gasteiger partial charge on any atom is 0.271 e. The molecule has 0 unspecified atom stereocenters. The molecule has 0 radical (unpaired) electrons. The van der Waals surface area contributed by atoms with Gasteiger partial charge in [-0.3, -0.25) is 4.79 Å². The molecule has 1 aromatic carbocycles. The Bertz CT molecular complexity index is 692. The van der Waals surface area contributed by atoms with Gasteiger partial charge in [0.05, 0.1) is 18.8 Å². The predicted molar refractivity (Wildman–Crippen MR) is 83.2 cm³/mol. The van der Waals surface area contributed by atoms with Gasteiger partial charge < -0.3 is 10.5 Å². The summed E-state index contributed by atoms with van der Waals surface area (Å²) in [5.74, 6) is 0. The SMILES string of the molecule is COCCn1nc(-c2ccc(C)c(C)c2)cc(CN)c1=O. The summed E-state index contributed by atoms with van der Waals surface area (Å²) in [7, 11) is 1.60. The highest BCUT2D eigenvalue weighted by atomic mass is 16.5. The van der Waals surface area contributed by atoms with Crippen molar-refractivity contribution in [2.75, 3.05) is 13.7 Å². The Labute approximate surface area is 124 Å².